The number of nitrogens with one attached hydrogen (secondary N) is 1. The highest BCUT2D eigenvalue weighted by molar-refractivity contribution is 5.99. The Morgan fingerprint density at radius 1 is 1.07 bits per heavy atom. The van der Waals surface area contributed by atoms with Crippen LogP contribution in [0.15, 0.2) is 42.5 Å². The van der Waals surface area contributed by atoms with Crippen molar-refractivity contribution in [3.63, 3.8) is 0 Å². The highest BCUT2D eigenvalue weighted by atomic mass is 19.1. The smallest absolute Gasteiger partial charge is 0.325 e. The van der Waals surface area contributed by atoms with Crippen molar-refractivity contribution in [2.24, 2.45) is 0 Å². The van der Waals surface area contributed by atoms with Crippen molar-refractivity contribution >= 4 is 23.3 Å². The first-order valence-electron chi connectivity index (χ1n) is 8.62. The van der Waals surface area contributed by atoms with Gasteiger partial charge in [0.05, 0.1) is 5.69 Å². The number of carbonyl (C=O) groups is 2. The molecule has 0 saturated carbocycles. The molecule has 0 spiro atoms. The Balaban J connectivity index is 1.39. The Bertz CT molecular complexity index is 889. The fourth-order valence-electron chi connectivity index (χ4n) is 3.12. The first-order chi connectivity index (χ1) is 13.1. The number of benzene rings is 2. The highest BCUT2D eigenvalue weighted by Gasteiger charge is 2.32. The number of carbonyl (C=O) groups excluding carboxylic acids is 2. The van der Waals surface area contributed by atoms with Crippen LogP contribution in [0.2, 0.25) is 0 Å². The summed E-state index contributed by atoms with van der Waals surface area (Å²) >= 11 is 0. The van der Waals surface area contributed by atoms with E-state index in [1.807, 2.05) is 0 Å². The molecule has 0 bridgehead atoms. The van der Waals surface area contributed by atoms with Crippen molar-refractivity contribution in [3.05, 3.63) is 48.3 Å². The summed E-state index contributed by atoms with van der Waals surface area (Å²) in [5.74, 6) is 0.403. The molecule has 2 aromatic carbocycles. The monoisotopic (exact) mass is 371 g/mol. The number of halogens is 1. The third-order valence-corrected chi connectivity index (χ3v) is 4.40. The molecule has 7 nitrogen and oxygen atoms in total. The predicted molar refractivity (Wildman–Crippen MR) is 96.8 cm³/mol. The number of amides is 3. The molecule has 0 aliphatic carbocycles. The van der Waals surface area contributed by atoms with Crippen molar-refractivity contribution < 1.29 is 23.5 Å². The number of hydrogen-bond acceptors (Lipinski definition) is 4. The summed E-state index contributed by atoms with van der Waals surface area (Å²) in [6.45, 7) is 1.52. The van der Waals surface area contributed by atoms with Crippen molar-refractivity contribution in [2.45, 2.75) is 0 Å². The molecule has 0 unspecified atom stereocenters. The molecule has 0 radical (unpaired) electrons. The largest absolute Gasteiger partial charge is 0.486 e. The number of fused-ring (bicyclic) bond motifs is 1. The molecule has 1 saturated heterocycles. The first kappa shape index (κ1) is 17.1. The van der Waals surface area contributed by atoms with Gasteiger partial charge in [0.15, 0.2) is 11.5 Å². The average Bonchev–Trinajstić information content (AvgIpc) is 3.02. The maximum absolute atomic E-state index is 13.9. The van der Waals surface area contributed by atoms with E-state index < -0.39 is 11.8 Å². The van der Waals surface area contributed by atoms with Crippen LogP contribution in [0.5, 0.6) is 11.5 Å². The molecular weight excluding hydrogens is 353 g/mol. The molecule has 140 valence electrons. The summed E-state index contributed by atoms with van der Waals surface area (Å²) in [4.78, 5) is 27.6. The number of urea groups is 1. The molecule has 2 heterocycles. The number of hydrogen-bond donors (Lipinski definition) is 1. The second kappa shape index (κ2) is 7.14. The number of nitrogens with zero attached hydrogens (tertiary/aromatic N) is 2. The summed E-state index contributed by atoms with van der Waals surface area (Å²) in [5.41, 5.74) is 0.777. The van der Waals surface area contributed by atoms with Crippen LogP contribution in [0.4, 0.5) is 20.6 Å². The van der Waals surface area contributed by atoms with E-state index in [0.29, 0.717) is 43.5 Å². The van der Waals surface area contributed by atoms with Crippen LogP contribution in [0.1, 0.15) is 0 Å². The second-order valence-corrected chi connectivity index (χ2v) is 6.21. The number of ether oxygens (including phenoxy) is 2. The molecule has 2 aliphatic heterocycles. The van der Waals surface area contributed by atoms with Gasteiger partial charge in [-0.2, -0.15) is 0 Å². The number of para-hydroxylation sites is 1. The van der Waals surface area contributed by atoms with Gasteiger partial charge in [-0.1, -0.05) is 12.1 Å². The lowest BCUT2D eigenvalue weighted by Gasteiger charge is -2.20. The van der Waals surface area contributed by atoms with E-state index in [4.69, 9.17) is 9.47 Å². The molecule has 2 aliphatic rings. The topological polar surface area (TPSA) is 71.1 Å². The lowest BCUT2D eigenvalue weighted by atomic mass is 10.2. The maximum Gasteiger partial charge on any atom is 0.325 e. The van der Waals surface area contributed by atoms with Gasteiger partial charge in [0.25, 0.3) is 0 Å². The molecule has 2 aromatic rings. The fourth-order valence-corrected chi connectivity index (χ4v) is 3.12. The number of rotatable bonds is 4. The molecule has 0 aromatic heterocycles. The van der Waals surface area contributed by atoms with Crippen LogP contribution in [0.25, 0.3) is 0 Å². The van der Waals surface area contributed by atoms with Crippen molar-refractivity contribution in [1.29, 1.82) is 0 Å². The minimum Gasteiger partial charge on any atom is -0.486 e. The lowest BCUT2D eigenvalue weighted by Crippen LogP contribution is -2.37. The Morgan fingerprint density at radius 2 is 1.85 bits per heavy atom. The van der Waals surface area contributed by atoms with Gasteiger partial charge in [-0.15, -0.1) is 0 Å². The van der Waals surface area contributed by atoms with E-state index in [2.05, 4.69) is 5.32 Å². The normalized spacial score (nSPS) is 15.8. The Morgan fingerprint density at radius 3 is 2.67 bits per heavy atom. The SMILES string of the molecule is O=C(CN1CCN(c2ccccc2F)C1=O)Nc1ccc2c(c1)OCCO2. The zero-order chi connectivity index (χ0) is 18.8. The molecule has 8 heteroatoms. The minimum absolute atomic E-state index is 0.113. The van der Waals surface area contributed by atoms with Crippen molar-refractivity contribution in [1.82, 2.24) is 4.90 Å². The van der Waals surface area contributed by atoms with Gasteiger partial charge < -0.3 is 19.7 Å². The standard InChI is InChI=1S/C19H18FN3O4/c20-14-3-1-2-4-15(14)23-8-7-22(19(23)25)12-18(24)21-13-5-6-16-17(11-13)27-10-9-26-16/h1-6,11H,7-10,12H2,(H,21,24). The van der Waals surface area contributed by atoms with E-state index in [1.54, 1.807) is 36.4 Å². The third-order valence-electron chi connectivity index (χ3n) is 4.40. The quantitative estimate of drug-likeness (QED) is 0.896. The summed E-state index contributed by atoms with van der Waals surface area (Å²) in [6, 6.07) is 10.8. The Hall–Kier alpha value is -3.29. The van der Waals surface area contributed by atoms with E-state index in [9.17, 15) is 14.0 Å². The Labute approximate surface area is 155 Å². The van der Waals surface area contributed by atoms with E-state index in [0.717, 1.165) is 0 Å². The molecular formula is C19H18FN3O4. The Kier molecular flexibility index (Phi) is 4.53. The molecule has 4 rings (SSSR count). The zero-order valence-electron chi connectivity index (χ0n) is 14.5. The summed E-state index contributed by atoms with van der Waals surface area (Å²) in [5, 5.41) is 2.74. The van der Waals surface area contributed by atoms with Crippen molar-refractivity contribution in [2.75, 3.05) is 43.1 Å². The average molecular weight is 371 g/mol. The molecule has 1 fully saturated rings. The van der Waals surface area contributed by atoms with Crippen molar-refractivity contribution in [3.8, 4) is 11.5 Å². The van der Waals surface area contributed by atoms with Gasteiger partial charge in [-0.25, -0.2) is 9.18 Å². The van der Waals surface area contributed by atoms with Gasteiger partial charge in [-0.05, 0) is 24.3 Å². The minimum atomic E-state index is -0.464. The van der Waals surface area contributed by atoms with Gasteiger partial charge in [0.1, 0.15) is 25.6 Å². The van der Waals surface area contributed by atoms with Crippen LogP contribution in [-0.4, -0.2) is 49.7 Å². The second-order valence-electron chi connectivity index (χ2n) is 6.21. The molecule has 27 heavy (non-hydrogen) atoms. The van der Waals surface area contributed by atoms with E-state index >= 15 is 0 Å². The van der Waals surface area contributed by atoms with Gasteiger partial charge >= 0.3 is 6.03 Å². The van der Waals surface area contributed by atoms with Crippen LogP contribution in [-0.2, 0) is 4.79 Å². The zero-order valence-corrected chi connectivity index (χ0v) is 14.5. The van der Waals surface area contributed by atoms with Gasteiger partial charge in [0, 0.05) is 24.8 Å². The van der Waals surface area contributed by atoms with E-state index in [-0.39, 0.29) is 18.1 Å². The fraction of sp³-hybridized carbons (Fsp3) is 0.263. The molecule has 3 amide bonds. The van der Waals surface area contributed by atoms with Gasteiger partial charge in [0.2, 0.25) is 5.91 Å². The van der Waals surface area contributed by atoms with Crippen LogP contribution >= 0.6 is 0 Å². The maximum atomic E-state index is 13.9. The summed E-state index contributed by atoms with van der Waals surface area (Å²) < 4.78 is 24.8. The number of anilines is 2. The van der Waals surface area contributed by atoms with Gasteiger partial charge in [-0.3, -0.25) is 9.69 Å². The van der Waals surface area contributed by atoms with Crippen LogP contribution < -0.4 is 19.7 Å². The van der Waals surface area contributed by atoms with E-state index in [1.165, 1.54) is 15.9 Å². The highest BCUT2D eigenvalue weighted by Crippen LogP contribution is 2.32. The predicted octanol–water partition coefficient (Wildman–Crippen LogP) is 2.48. The summed E-state index contributed by atoms with van der Waals surface area (Å²) in [7, 11) is 0. The molecule has 1 N–H and O–H groups in total. The third kappa shape index (κ3) is 3.51. The van der Waals surface area contributed by atoms with Crippen LogP contribution in [0.3, 0.4) is 0 Å². The summed E-state index contributed by atoms with van der Waals surface area (Å²) in [6.07, 6.45) is 0. The molecule has 0 atom stereocenters. The lowest BCUT2D eigenvalue weighted by molar-refractivity contribution is -0.116. The first-order valence-corrected chi connectivity index (χ1v) is 8.62. The van der Waals surface area contributed by atoms with Crippen LogP contribution in [0, 0.1) is 5.82 Å².